The van der Waals surface area contributed by atoms with Crippen LogP contribution in [0.3, 0.4) is 0 Å². The van der Waals surface area contributed by atoms with Crippen LogP contribution in [0.1, 0.15) is 12.5 Å². The maximum Gasteiger partial charge on any atom is 0.311 e. The van der Waals surface area contributed by atoms with Crippen LogP contribution in [0.25, 0.3) is 10.8 Å². The first-order valence-electron chi connectivity index (χ1n) is 8.36. The summed E-state index contributed by atoms with van der Waals surface area (Å²) >= 11 is 0. The summed E-state index contributed by atoms with van der Waals surface area (Å²) in [6.07, 6.45) is -1.22. The number of ether oxygens (including phenoxy) is 1. The Kier molecular flexibility index (Phi) is 5.45. The summed E-state index contributed by atoms with van der Waals surface area (Å²) in [6, 6.07) is 16.4. The molecule has 0 aliphatic rings. The second kappa shape index (κ2) is 7.95. The quantitative estimate of drug-likeness (QED) is 0.685. The highest BCUT2D eigenvalue weighted by Crippen LogP contribution is 2.20. The summed E-state index contributed by atoms with van der Waals surface area (Å²) in [4.78, 5) is 24.3. The number of esters is 1. The maximum atomic E-state index is 13.6. The molecule has 0 spiro atoms. The van der Waals surface area contributed by atoms with Gasteiger partial charge in [0.25, 0.3) is 5.91 Å². The molecule has 0 heterocycles. The molecule has 1 atom stereocenters. The average molecular weight is 369 g/mol. The van der Waals surface area contributed by atoms with E-state index in [1.54, 1.807) is 0 Å². The maximum absolute atomic E-state index is 13.6. The van der Waals surface area contributed by atoms with E-state index in [2.05, 4.69) is 5.32 Å². The Labute approximate surface area is 154 Å². The van der Waals surface area contributed by atoms with Gasteiger partial charge in [0.05, 0.1) is 6.42 Å². The van der Waals surface area contributed by atoms with Crippen molar-refractivity contribution >= 4 is 28.3 Å². The van der Waals surface area contributed by atoms with Crippen molar-refractivity contribution in [3.05, 3.63) is 77.9 Å². The molecule has 0 saturated heterocycles. The van der Waals surface area contributed by atoms with Crippen LogP contribution >= 0.6 is 0 Å². The van der Waals surface area contributed by atoms with Crippen molar-refractivity contribution in [3.63, 3.8) is 0 Å². The number of hydrogen-bond acceptors (Lipinski definition) is 3. The molecule has 0 saturated carbocycles. The SMILES string of the molecule is CC(OC(=O)Cc1cccc2ccccc12)C(=O)Nc1c(F)cccc1F. The van der Waals surface area contributed by atoms with Gasteiger partial charge in [-0.2, -0.15) is 0 Å². The Balaban J connectivity index is 1.66. The van der Waals surface area contributed by atoms with Gasteiger partial charge in [-0.25, -0.2) is 8.78 Å². The number of nitrogens with one attached hydrogen (secondary N) is 1. The fourth-order valence-electron chi connectivity index (χ4n) is 2.74. The minimum atomic E-state index is -1.20. The molecule has 1 amide bonds. The highest BCUT2D eigenvalue weighted by molar-refractivity contribution is 5.96. The lowest BCUT2D eigenvalue weighted by Gasteiger charge is -2.14. The van der Waals surface area contributed by atoms with Gasteiger partial charge in [-0.1, -0.05) is 48.5 Å². The van der Waals surface area contributed by atoms with Crippen LogP contribution in [-0.4, -0.2) is 18.0 Å². The van der Waals surface area contributed by atoms with Gasteiger partial charge in [0.1, 0.15) is 17.3 Å². The lowest BCUT2D eigenvalue weighted by molar-refractivity contribution is -0.152. The Bertz CT molecular complexity index is 978. The van der Waals surface area contributed by atoms with Gasteiger partial charge in [-0.3, -0.25) is 9.59 Å². The molecule has 1 unspecified atom stereocenters. The molecule has 4 nitrogen and oxygen atoms in total. The Morgan fingerprint density at radius 1 is 0.963 bits per heavy atom. The molecule has 3 aromatic rings. The summed E-state index contributed by atoms with van der Waals surface area (Å²) in [6.45, 7) is 1.34. The molecule has 27 heavy (non-hydrogen) atoms. The third-order valence-electron chi connectivity index (χ3n) is 4.10. The Hall–Kier alpha value is -3.28. The number of rotatable bonds is 5. The predicted octanol–water partition coefficient (Wildman–Crippen LogP) is 4.23. The van der Waals surface area contributed by atoms with E-state index >= 15 is 0 Å². The van der Waals surface area contributed by atoms with Crippen molar-refractivity contribution in [1.82, 2.24) is 0 Å². The number of amides is 1. The van der Waals surface area contributed by atoms with Gasteiger partial charge < -0.3 is 10.1 Å². The predicted molar refractivity (Wildman–Crippen MR) is 98.2 cm³/mol. The van der Waals surface area contributed by atoms with Gasteiger partial charge in [-0.05, 0) is 35.4 Å². The second-order valence-electron chi connectivity index (χ2n) is 6.03. The number of halogens is 2. The molecule has 0 aliphatic carbocycles. The summed E-state index contributed by atoms with van der Waals surface area (Å²) in [5, 5.41) is 4.02. The number of para-hydroxylation sites is 1. The molecular formula is C21H17F2NO3. The van der Waals surface area contributed by atoms with Crippen molar-refractivity contribution < 1.29 is 23.1 Å². The van der Waals surface area contributed by atoms with E-state index in [0.29, 0.717) is 0 Å². The van der Waals surface area contributed by atoms with Crippen molar-refractivity contribution in [1.29, 1.82) is 0 Å². The second-order valence-corrected chi connectivity index (χ2v) is 6.03. The first-order valence-corrected chi connectivity index (χ1v) is 8.36. The van der Waals surface area contributed by atoms with Gasteiger partial charge in [0.2, 0.25) is 0 Å². The molecular weight excluding hydrogens is 352 g/mol. The van der Waals surface area contributed by atoms with Gasteiger partial charge in [-0.15, -0.1) is 0 Å². The summed E-state index contributed by atoms with van der Waals surface area (Å²) < 4.78 is 32.3. The zero-order chi connectivity index (χ0) is 19.4. The highest BCUT2D eigenvalue weighted by Gasteiger charge is 2.21. The van der Waals surface area contributed by atoms with Crippen molar-refractivity contribution in [3.8, 4) is 0 Å². The Morgan fingerprint density at radius 3 is 2.33 bits per heavy atom. The number of carbonyl (C=O) groups is 2. The highest BCUT2D eigenvalue weighted by atomic mass is 19.1. The van der Waals surface area contributed by atoms with E-state index in [9.17, 15) is 18.4 Å². The van der Waals surface area contributed by atoms with Crippen LogP contribution in [0.4, 0.5) is 14.5 Å². The fraction of sp³-hybridized carbons (Fsp3) is 0.143. The van der Waals surface area contributed by atoms with E-state index < -0.39 is 35.3 Å². The first kappa shape index (κ1) is 18.5. The van der Waals surface area contributed by atoms with Crippen LogP contribution in [0.5, 0.6) is 0 Å². The fourth-order valence-corrected chi connectivity index (χ4v) is 2.74. The molecule has 0 aliphatic heterocycles. The van der Waals surface area contributed by atoms with E-state index in [4.69, 9.17) is 4.74 Å². The smallest absolute Gasteiger partial charge is 0.311 e. The molecule has 1 N–H and O–H groups in total. The average Bonchev–Trinajstić information content (AvgIpc) is 2.65. The largest absolute Gasteiger partial charge is 0.452 e. The third-order valence-corrected chi connectivity index (χ3v) is 4.10. The Morgan fingerprint density at radius 2 is 1.59 bits per heavy atom. The zero-order valence-corrected chi connectivity index (χ0v) is 14.5. The lowest BCUT2D eigenvalue weighted by Crippen LogP contribution is -2.31. The number of anilines is 1. The molecule has 138 valence electrons. The van der Waals surface area contributed by atoms with Crippen LogP contribution in [0.15, 0.2) is 60.7 Å². The molecule has 6 heteroatoms. The molecule has 0 bridgehead atoms. The van der Waals surface area contributed by atoms with Crippen LogP contribution in [0.2, 0.25) is 0 Å². The number of benzene rings is 3. The number of carbonyl (C=O) groups excluding carboxylic acids is 2. The topological polar surface area (TPSA) is 55.4 Å². The van der Waals surface area contributed by atoms with Crippen LogP contribution < -0.4 is 5.32 Å². The molecule has 0 radical (unpaired) electrons. The standard InChI is InChI=1S/C21H17F2NO3/c1-13(21(26)24-20-17(22)10-5-11-18(20)23)27-19(25)12-15-8-4-7-14-6-2-3-9-16(14)15/h2-11,13H,12H2,1H3,(H,24,26). The first-order chi connectivity index (χ1) is 13.0. The van der Waals surface area contributed by atoms with E-state index in [1.165, 1.54) is 13.0 Å². The summed E-state index contributed by atoms with van der Waals surface area (Å²) in [5.41, 5.74) is 0.199. The summed E-state index contributed by atoms with van der Waals surface area (Å²) in [5.74, 6) is -3.23. The number of fused-ring (bicyclic) bond motifs is 1. The van der Waals surface area contributed by atoms with E-state index in [0.717, 1.165) is 28.5 Å². The van der Waals surface area contributed by atoms with E-state index in [-0.39, 0.29) is 6.42 Å². The van der Waals surface area contributed by atoms with Crippen molar-refractivity contribution in [2.24, 2.45) is 0 Å². The van der Waals surface area contributed by atoms with Crippen molar-refractivity contribution in [2.75, 3.05) is 5.32 Å². The monoisotopic (exact) mass is 369 g/mol. The molecule has 3 rings (SSSR count). The molecule has 0 aromatic heterocycles. The third kappa shape index (κ3) is 4.28. The van der Waals surface area contributed by atoms with E-state index in [1.807, 2.05) is 42.5 Å². The minimum absolute atomic E-state index is 0.0208. The molecule has 3 aromatic carbocycles. The van der Waals surface area contributed by atoms with Gasteiger partial charge in [0.15, 0.2) is 6.10 Å². The normalized spacial score (nSPS) is 11.8. The van der Waals surface area contributed by atoms with Gasteiger partial charge in [0, 0.05) is 0 Å². The molecule has 0 fully saturated rings. The minimum Gasteiger partial charge on any atom is -0.452 e. The van der Waals surface area contributed by atoms with Crippen molar-refractivity contribution in [2.45, 2.75) is 19.4 Å². The lowest BCUT2D eigenvalue weighted by atomic mass is 10.0. The van der Waals surface area contributed by atoms with Crippen LogP contribution in [0, 0.1) is 11.6 Å². The zero-order valence-electron chi connectivity index (χ0n) is 14.5. The van der Waals surface area contributed by atoms with Crippen LogP contribution in [-0.2, 0) is 20.7 Å². The van der Waals surface area contributed by atoms with Gasteiger partial charge >= 0.3 is 5.97 Å². The summed E-state index contributed by atoms with van der Waals surface area (Å²) in [7, 11) is 0. The number of hydrogen-bond donors (Lipinski definition) is 1.